The van der Waals surface area contributed by atoms with E-state index in [-0.39, 0.29) is 16.6 Å². The van der Waals surface area contributed by atoms with Crippen LogP contribution in [0.15, 0.2) is 143 Å². The lowest BCUT2D eigenvalue weighted by atomic mass is 9.78. The van der Waals surface area contributed by atoms with Crippen LogP contribution in [0.3, 0.4) is 0 Å². The first-order valence-electron chi connectivity index (χ1n) is 22.9. The molecule has 342 valence electrons. The second-order valence-corrected chi connectivity index (χ2v) is 25.3. The lowest BCUT2D eigenvalue weighted by Crippen LogP contribution is -2.28. The average molecular weight is 1130 g/mol. The molecule has 0 saturated heterocycles. The summed E-state index contributed by atoms with van der Waals surface area (Å²) in [5, 5.41) is 4.92. The van der Waals surface area contributed by atoms with E-state index in [1.807, 2.05) is 0 Å². The number of thioether (sulfide) groups is 1. The Morgan fingerprint density at radius 1 is 0.803 bits per heavy atom. The van der Waals surface area contributed by atoms with Gasteiger partial charge < -0.3 is 9.45 Å². The lowest BCUT2D eigenvalue weighted by molar-refractivity contribution is -0.438. The van der Waals surface area contributed by atoms with Gasteiger partial charge in [-0.3, -0.25) is 0 Å². The molecule has 6 aromatic rings. The smallest absolute Gasteiger partial charge is 0.210 e. The first kappa shape index (κ1) is 47.7. The zero-order valence-electron chi connectivity index (χ0n) is 38.0. The van der Waals surface area contributed by atoms with E-state index in [0.717, 1.165) is 77.0 Å². The van der Waals surface area contributed by atoms with Crippen LogP contribution in [-0.4, -0.2) is 47.1 Å². The van der Waals surface area contributed by atoms with Gasteiger partial charge in [0.05, 0.1) is 25.7 Å². The number of halogens is 3. The van der Waals surface area contributed by atoms with Gasteiger partial charge in [-0.2, -0.15) is 4.58 Å². The van der Waals surface area contributed by atoms with E-state index >= 15 is 0 Å². The lowest BCUT2D eigenvalue weighted by Gasteiger charge is -2.28. The zero-order valence-corrected chi connectivity index (χ0v) is 45.2. The number of anilines is 1. The fourth-order valence-corrected chi connectivity index (χ4v) is 14.3. The van der Waals surface area contributed by atoms with E-state index in [1.54, 1.807) is 23.1 Å². The van der Waals surface area contributed by atoms with Crippen molar-refractivity contribution in [3.05, 3.63) is 149 Å². The Bertz CT molecular complexity index is 3200. The van der Waals surface area contributed by atoms with Gasteiger partial charge in [-0.15, -0.1) is 11.3 Å². The Balaban J connectivity index is 1.16. The van der Waals surface area contributed by atoms with Crippen molar-refractivity contribution in [2.45, 2.75) is 101 Å². The molecule has 2 aliphatic heterocycles. The molecule has 1 aliphatic carbocycles. The summed E-state index contributed by atoms with van der Waals surface area (Å²) >= 11 is 14.6. The minimum atomic E-state index is -4.29. The zero-order chi connectivity index (χ0) is 46.5. The highest BCUT2D eigenvalue weighted by Crippen LogP contribution is 2.52. The minimum Gasteiger partial charge on any atom is -0.748 e. The third kappa shape index (κ3) is 9.51. The number of hydrogen-bond acceptors (Lipinski definition) is 7. The molecule has 0 saturated carbocycles. The molecule has 0 radical (unpaired) electrons. The minimum absolute atomic E-state index is 0.220. The monoisotopic (exact) mass is 1130 g/mol. The third-order valence-corrected chi connectivity index (χ3v) is 18.1. The van der Waals surface area contributed by atoms with Crippen molar-refractivity contribution in [1.82, 2.24) is 4.98 Å². The van der Waals surface area contributed by atoms with Gasteiger partial charge in [0.15, 0.2) is 10.1 Å². The van der Waals surface area contributed by atoms with E-state index in [0.29, 0.717) is 19.4 Å². The third-order valence-electron chi connectivity index (χ3n) is 13.5. The maximum atomic E-state index is 11.6. The summed E-state index contributed by atoms with van der Waals surface area (Å²) in [4.78, 5) is 8.78. The number of nitrogens with zero attached hydrogens (tertiary/aromatic N) is 3. The highest BCUT2D eigenvalue weighted by Gasteiger charge is 2.46. The van der Waals surface area contributed by atoms with Crippen LogP contribution in [-0.2, 0) is 20.9 Å². The largest absolute Gasteiger partial charge is 0.748 e. The summed E-state index contributed by atoms with van der Waals surface area (Å²) in [5.41, 5.74) is 10.6. The molecule has 5 aromatic carbocycles. The fraction of sp³-hybridized carbons (Fsp3) is 0.333. The Kier molecular flexibility index (Phi) is 13.9. The van der Waals surface area contributed by atoms with Crippen LogP contribution in [0, 0.1) is 0 Å². The second-order valence-electron chi connectivity index (χ2n) is 18.7. The highest BCUT2D eigenvalue weighted by molar-refractivity contribution is 9.11. The van der Waals surface area contributed by atoms with Crippen molar-refractivity contribution in [2.75, 3.05) is 23.7 Å². The Labute approximate surface area is 423 Å². The van der Waals surface area contributed by atoms with E-state index in [1.165, 1.54) is 67.6 Å². The first-order chi connectivity index (χ1) is 31.5. The van der Waals surface area contributed by atoms with Gasteiger partial charge in [0.1, 0.15) is 6.54 Å². The average Bonchev–Trinajstić information content (AvgIpc) is 3.84. The van der Waals surface area contributed by atoms with Crippen LogP contribution < -0.4 is 4.90 Å². The molecule has 0 N–H and O–H groups in total. The van der Waals surface area contributed by atoms with Crippen LogP contribution in [0.2, 0.25) is 0 Å². The Hall–Kier alpha value is -3.36. The van der Waals surface area contributed by atoms with Crippen molar-refractivity contribution in [1.29, 1.82) is 0 Å². The van der Waals surface area contributed by atoms with Crippen molar-refractivity contribution in [3.8, 4) is 0 Å². The predicted octanol–water partition coefficient (Wildman–Crippen LogP) is 16.2. The van der Waals surface area contributed by atoms with E-state index < -0.39 is 10.1 Å². The maximum absolute atomic E-state index is 11.6. The number of benzene rings is 5. The topological polar surface area (TPSA) is 76.3 Å². The Morgan fingerprint density at radius 3 is 2.23 bits per heavy atom. The quantitative estimate of drug-likeness (QED) is 0.0614. The molecule has 0 spiro atoms. The molecule has 0 unspecified atom stereocenters. The summed E-state index contributed by atoms with van der Waals surface area (Å²) in [5.74, 6) is -0.357. The van der Waals surface area contributed by atoms with Crippen molar-refractivity contribution in [3.63, 3.8) is 0 Å². The van der Waals surface area contributed by atoms with Crippen LogP contribution in [0.4, 0.5) is 11.4 Å². The van der Waals surface area contributed by atoms with Gasteiger partial charge in [-0.1, -0.05) is 117 Å². The molecule has 1 aromatic heterocycles. The molecule has 0 bridgehead atoms. The first-order valence-corrected chi connectivity index (χ1v) is 28.5. The summed E-state index contributed by atoms with van der Waals surface area (Å²) < 4.78 is 42.8. The fourth-order valence-electron chi connectivity index (χ4n) is 10.4. The number of allylic oxidation sites excluding steroid dienone is 7. The Morgan fingerprint density at radius 2 is 1.50 bits per heavy atom. The van der Waals surface area contributed by atoms with Crippen LogP contribution in [0.5, 0.6) is 0 Å². The normalized spacial score (nSPS) is 18.3. The molecule has 12 heteroatoms. The van der Waals surface area contributed by atoms with Gasteiger partial charge >= 0.3 is 0 Å². The molecule has 3 aliphatic rings. The number of hydrogen-bond donors (Lipinski definition) is 0. The molecular weight excluding hydrogens is 1070 g/mol. The summed E-state index contributed by atoms with van der Waals surface area (Å²) in [6.45, 7) is 13.2. The number of unbranched alkanes of at least 4 members (excludes halogenated alkanes) is 3. The van der Waals surface area contributed by atoms with Crippen LogP contribution in [0.25, 0.3) is 31.8 Å². The maximum Gasteiger partial charge on any atom is 0.210 e. The number of thiazole rings is 1. The van der Waals surface area contributed by atoms with Gasteiger partial charge in [0.25, 0.3) is 0 Å². The molecule has 9 rings (SSSR count). The molecule has 6 nitrogen and oxygen atoms in total. The predicted molar refractivity (Wildman–Crippen MR) is 289 cm³/mol. The second kappa shape index (κ2) is 19.2. The van der Waals surface area contributed by atoms with Gasteiger partial charge in [0, 0.05) is 71.5 Å². The number of aromatic nitrogens is 1. The standard InChI is InChI=1S/C54H54Br3N3O3S3/c1-6-7-8-28-59-44-23-14-36-31-38(55)18-21-41(36)49(44)53(2,3)47(59)26-16-34-12-11-13-35(51(34)65-52-58-43-33-40(57)20-25-46(43)64-52)17-27-48-54(4,5)50-42-22-19-39(56)32-37(42)15-24-45(50)60(48)29-9-10-30-66(61,62)63/h14-27,31-33H,6-13,28-30H2,1-5H3. The van der Waals surface area contributed by atoms with E-state index in [9.17, 15) is 13.0 Å². The van der Waals surface area contributed by atoms with Gasteiger partial charge in [-0.25, -0.2) is 13.4 Å². The van der Waals surface area contributed by atoms with Crippen molar-refractivity contribution >= 4 is 130 Å². The molecule has 0 amide bonds. The van der Waals surface area contributed by atoms with Crippen LogP contribution >= 0.6 is 70.9 Å². The molecule has 0 fully saturated rings. The summed E-state index contributed by atoms with van der Waals surface area (Å²) in [6, 6.07) is 28.5. The van der Waals surface area contributed by atoms with Gasteiger partial charge in [-0.05, 0) is 151 Å². The van der Waals surface area contributed by atoms with Crippen molar-refractivity contribution in [2.24, 2.45) is 0 Å². The summed E-state index contributed by atoms with van der Waals surface area (Å²) in [7, 11) is -4.29. The molecule has 0 atom stereocenters. The number of rotatable bonds is 14. The van der Waals surface area contributed by atoms with Crippen LogP contribution in [0.1, 0.15) is 97.1 Å². The van der Waals surface area contributed by atoms with E-state index in [2.05, 4.69) is 195 Å². The number of fused-ring (bicyclic) bond motifs is 7. The van der Waals surface area contributed by atoms with E-state index in [4.69, 9.17) is 4.98 Å². The van der Waals surface area contributed by atoms with Gasteiger partial charge in [0.2, 0.25) is 5.69 Å². The molecule has 66 heavy (non-hydrogen) atoms. The molecule has 3 heterocycles. The SMILES string of the molecule is CCCCC[N+]1=C(/C=C/C2=C(Sc3nc4cc(Br)ccc4s3)C(=C/C=C3/N(CCCCS(=O)(=O)[O-])c4ccc5cc(Br)ccc5c4C3(C)C)/CCC2)C(C)(C)c2c1ccc1cc(Br)ccc21. The molecular formula is C54H54Br3N3O3S3. The summed E-state index contributed by atoms with van der Waals surface area (Å²) in [6.07, 6.45) is 16.8. The van der Waals surface area contributed by atoms with Crippen molar-refractivity contribution < 1.29 is 17.5 Å². The highest BCUT2D eigenvalue weighted by atomic mass is 79.9.